The Balaban J connectivity index is 2.07. The van der Waals surface area contributed by atoms with Gasteiger partial charge < -0.3 is 5.11 Å². The zero-order chi connectivity index (χ0) is 11.5. The molecule has 0 spiro atoms. The molecular formula is C12H10BrClOS. The summed E-state index contributed by atoms with van der Waals surface area (Å²) in [5.74, 6) is 0. The van der Waals surface area contributed by atoms with E-state index in [1.54, 1.807) is 0 Å². The normalized spacial score (nSPS) is 12.7. The summed E-state index contributed by atoms with van der Waals surface area (Å²) in [5, 5.41) is 10.00. The summed E-state index contributed by atoms with van der Waals surface area (Å²) in [6.45, 7) is 0. The molecule has 0 aliphatic carbocycles. The van der Waals surface area contributed by atoms with Crippen LogP contribution in [-0.4, -0.2) is 5.11 Å². The van der Waals surface area contributed by atoms with Gasteiger partial charge in [-0.2, -0.15) is 0 Å². The van der Waals surface area contributed by atoms with Crippen LogP contribution in [0.2, 0.25) is 4.34 Å². The Morgan fingerprint density at radius 2 is 1.88 bits per heavy atom. The summed E-state index contributed by atoms with van der Waals surface area (Å²) in [7, 11) is 0. The highest BCUT2D eigenvalue weighted by atomic mass is 79.9. The first-order valence-electron chi connectivity index (χ1n) is 4.83. The maximum atomic E-state index is 10.00. The molecule has 1 heterocycles. The fourth-order valence-corrected chi connectivity index (χ4v) is 2.76. The van der Waals surface area contributed by atoms with E-state index in [1.165, 1.54) is 11.3 Å². The number of hydrogen-bond donors (Lipinski definition) is 1. The summed E-state index contributed by atoms with van der Waals surface area (Å²) in [6.07, 6.45) is 0.142. The molecule has 0 saturated carbocycles. The van der Waals surface area contributed by atoms with Crippen molar-refractivity contribution in [1.29, 1.82) is 0 Å². The molecule has 0 amide bonds. The van der Waals surface area contributed by atoms with Gasteiger partial charge in [0.05, 0.1) is 10.4 Å². The van der Waals surface area contributed by atoms with Crippen molar-refractivity contribution in [2.24, 2.45) is 0 Å². The van der Waals surface area contributed by atoms with Crippen LogP contribution in [0.5, 0.6) is 0 Å². The van der Waals surface area contributed by atoms with Gasteiger partial charge in [-0.05, 0) is 29.8 Å². The average molecular weight is 318 g/mol. The number of aliphatic hydroxyl groups excluding tert-OH is 1. The molecular weight excluding hydrogens is 308 g/mol. The van der Waals surface area contributed by atoms with Gasteiger partial charge in [0.1, 0.15) is 0 Å². The molecule has 1 aromatic heterocycles. The van der Waals surface area contributed by atoms with E-state index in [0.717, 1.165) is 14.9 Å². The molecule has 2 aromatic rings. The standard InChI is InChI=1S/C12H10BrClOS/c13-9-3-1-8(2-4-9)7-10(15)11-5-6-12(14)16-11/h1-6,10,15H,7H2. The van der Waals surface area contributed by atoms with Crippen LogP contribution >= 0.6 is 38.9 Å². The third-order valence-corrected chi connectivity index (χ3v) is 4.13. The van der Waals surface area contributed by atoms with Gasteiger partial charge in [0.25, 0.3) is 0 Å². The highest BCUT2D eigenvalue weighted by molar-refractivity contribution is 9.10. The van der Waals surface area contributed by atoms with Crippen molar-refractivity contribution in [3.05, 3.63) is 55.6 Å². The van der Waals surface area contributed by atoms with E-state index in [2.05, 4.69) is 15.9 Å². The predicted molar refractivity (Wildman–Crippen MR) is 72.1 cm³/mol. The maximum Gasteiger partial charge on any atom is 0.0932 e. The van der Waals surface area contributed by atoms with Crippen LogP contribution in [0.3, 0.4) is 0 Å². The minimum Gasteiger partial charge on any atom is -0.387 e. The largest absolute Gasteiger partial charge is 0.387 e. The van der Waals surface area contributed by atoms with Gasteiger partial charge in [0.2, 0.25) is 0 Å². The minimum atomic E-state index is -0.473. The number of thiophene rings is 1. The quantitative estimate of drug-likeness (QED) is 0.887. The van der Waals surface area contributed by atoms with E-state index in [-0.39, 0.29) is 0 Å². The van der Waals surface area contributed by atoms with Crippen LogP contribution in [0, 0.1) is 0 Å². The maximum absolute atomic E-state index is 10.00. The lowest BCUT2D eigenvalue weighted by atomic mass is 10.1. The number of rotatable bonds is 3. The second-order valence-corrected chi connectivity index (χ2v) is 6.15. The molecule has 1 aromatic carbocycles. The van der Waals surface area contributed by atoms with Crippen molar-refractivity contribution in [3.63, 3.8) is 0 Å². The summed E-state index contributed by atoms with van der Waals surface area (Å²) >= 11 is 10.6. The van der Waals surface area contributed by atoms with Crippen LogP contribution in [0.25, 0.3) is 0 Å². The molecule has 0 bridgehead atoms. The Morgan fingerprint density at radius 1 is 1.19 bits per heavy atom. The molecule has 4 heteroatoms. The second-order valence-electron chi connectivity index (χ2n) is 3.49. The van der Waals surface area contributed by atoms with E-state index >= 15 is 0 Å². The van der Waals surface area contributed by atoms with Crippen molar-refractivity contribution in [2.75, 3.05) is 0 Å². The minimum absolute atomic E-state index is 0.473. The summed E-state index contributed by atoms with van der Waals surface area (Å²) < 4.78 is 1.76. The lowest BCUT2D eigenvalue weighted by Crippen LogP contribution is -1.99. The van der Waals surface area contributed by atoms with Crippen molar-refractivity contribution in [1.82, 2.24) is 0 Å². The van der Waals surface area contributed by atoms with Gasteiger partial charge in [-0.3, -0.25) is 0 Å². The van der Waals surface area contributed by atoms with Gasteiger partial charge in [-0.1, -0.05) is 39.7 Å². The van der Waals surface area contributed by atoms with E-state index in [4.69, 9.17) is 11.6 Å². The van der Waals surface area contributed by atoms with Crippen molar-refractivity contribution in [3.8, 4) is 0 Å². The van der Waals surface area contributed by atoms with Crippen molar-refractivity contribution in [2.45, 2.75) is 12.5 Å². The number of aliphatic hydroxyl groups is 1. The Morgan fingerprint density at radius 3 is 2.44 bits per heavy atom. The lowest BCUT2D eigenvalue weighted by Gasteiger charge is -2.08. The summed E-state index contributed by atoms with van der Waals surface area (Å²) in [5.41, 5.74) is 1.11. The van der Waals surface area contributed by atoms with Crippen LogP contribution in [-0.2, 0) is 6.42 Å². The van der Waals surface area contributed by atoms with Crippen molar-refractivity contribution >= 4 is 38.9 Å². The Hall–Kier alpha value is -0.350. The summed E-state index contributed by atoms with van der Waals surface area (Å²) in [6, 6.07) is 11.6. The summed E-state index contributed by atoms with van der Waals surface area (Å²) in [4.78, 5) is 0.910. The van der Waals surface area contributed by atoms with Crippen LogP contribution in [0.4, 0.5) is 0 Å². The third kappa shape index (κ3) is 3.08. The molecule has 2 rings (SSSR count). The van der Waals surface area contributed by atoms with Crippen LogP contribution < -0.4 is 0 Å². The molecule has 0 saturated heterocycles. The molecule has 1 nitrogen and oxygen atoms in total. The van der Waals surface area contributed by atoms with E-state index in [1.807, 2.05) is 36.4 Å². The molecule has 1 atom stereocenters. The first kappa shape index (κ1) is 12.1. The molecule has 1 N–H and O–H groups in total. The van der Waals surface area contributed by atoms with Gasteiger partial charge in [0.15, 0.2) is 0 Å². The lowest BCUT2D eigenvalue weighted by molar-refractivity contribution is 0.182. The Bertz CT molecular complexity index is 466. The average Bonchev–Trinajstić information content (AvgIpc) is 2.68. The fourth-order valence-electron chi connectivity index (χ4n) is 1.45. The van der Waals surface area contributed by atoms with E-state index < -0.39 is 6.10 Å². The molecule has 84 valence electrons. The van der Waals surface area contributed by atoms with Gasteiger partial charge in [-0.25, -0.2) is 0 Å². The number of hydrogen-bond acceptors (Lipinski definition) is 2. The van der Waals surface area contributed by atoms with Crippen LogP contribution in [0.15, 0.2) is 40.9 Å². The monoisotopic (exact) mass is 316 g/mol. The molecule has 16 heavy (non-hydrogen) atoms. The third-order valence-electron chi connectivity index (χ3n) is 2.26. The highest BCUT2D eigenvalue weighted by Crippen LogP contribution is 2.29. The van der Waals surface area contributed by atoms with Gasteiger partial charge in [-0.15, -0.1) is 11.3 Å². The molecule has 0 radical (unpaired) electrons. The Labute approximate surface area is 112 Å². The van der Waals surface area contributed by atoms with Crippen molar-refractivity contribution < 1.29 is 5.11 Å². The zero-order valence-corrected chi connectivity index (χ0v) is 11.5. The molecule has 1 unspecified atom stereocenters. The van der Waals surface area contributed by atoms with E-state index in [0.29, 0.717) is 10.8 Å². The van der Waals surface area contributed by atoms with Crippen LogP contribution in [0.1, 0.15) is 16.5 Å². The van der Waals surface area contributed by atoms with Gasteiger partial charge in [0, 0.05) is 15.8 Å². The zero-order valence-electron chi connectivity index (χ0n) is 8.36. The topological polar surface area (TPSA) is 20.2 Å². The highest BCUT2D eigenvalue weighted by Gasteiger charge is 2.10. The Kier molecular flexibility index (Phi) is 4.03. The number of halogens is 2. The van der Waals surface area contributed by atoms with E-state index in [9.17, 15) is 5.11 Å². The second kappa shape index (κ2) is 5.32. The molecule has 0 aliphatic heterocycles. The molecule has 0 aliphatic rings. The number of benzene rings is 1. The fraction of sp³-hybridized carbons (Fsp3) is 0.167. The first-order valence-corrected chi connectivity index (χ1v) is 6.81. The first-order chi connectivity index (χ1) is 7.65. The van der Waals surface area contributed by atoms with Gasteiger partial charge >= 0.3 is 0 Å². The SMILES string of the molecule is OC(Cc1ccc(Br)cc1)c1ccc(Cl)s1. The molecule has 0 fully saturated rings. The predicted octanol–water partition coefficient (Wildman–Crippen LogP) is 4.44. The smallest absolute Gasteiger partial charge is 0.0932 e.